The fourth-order valence-electron chi connectivity index (χ4n) is 2.07. The number of rotatable bonds is 2. The van der Waals surface area contributed by atoms with E-state index in [1.165, 1.54) is 12.1 Å². The van der Waals surface area contributed by atoms with Gasteiger partial charge in [0.05, 0.1) is 12.2 Å². The predicted octanol–water partition coefficient (Wildman–Crippen LogP) is 2.58. The number of benzene rings is 1. The summed E-state index contributed by atoms with van der Waals surface area (Å²) >= 11 is 0. The Hall–Kier alpha value is -1.07. The average Bonchev–Trinajstić information content (AvgIpc) is 2.64. The zero-order valence-corrected chi connectivity index (χ0v) is 9.47. The Bertz CT molecular complexity index is 397. The first-order valence-electron chi connectivity index (χ1n) is 5.45. The van der Waals surface area contributed by atoms with Gasteiger partial charge in [-0.25, -0.2) is 0 Å². The molecule has 1 fully saturated rings. The molecule has 1 aliphatic heterocycles. The lowest BCUT2D eigenvalue weighted by atomic mass is 9.98. The second-order valence-electron chi connectivity index (χ2n) is 4.34. The van der Waals surface area contributed by atoms with Crippen LogP contribution >= 0.6 is 0 Å². The van der Waals surface area contributed by atoms with Crippen molar-refractivity contribution in [3.05, 3.63) is 35.4 Å². The molecule has 2 nitrogen and oxygen atoms in total. The summed E-state index contributed by atoms with van der Waals surface area (Å²) in [5, 5.41) is 3.07. The van der Waals surface area contributed by atoms with Crippen molar-refractivity contribution in [3.8, 4) is 0 Å². The molecule has 1 aliphatic rings. The Balaban J connectivity index is 2.26. The highest BCUT2D eigenvalue weighted by Crippen LogP contribution is 2.33. The molecule has 0 amide bonds. The van der Waals surface area contributed by atoms with Gasteiger partial charge in [0.2, 0.25) is 0 Å². The molecule has 1 N–H and O–H groups in total. The lowest BCUT2D eigenvalue weighted by Crippen LogP contribution is -2.40. The van der Waals surface area contributed by atoms with Crippen LogP contribution in [0, 0.1) is 0 Å². The fourth-order valence-corrected chi connectivity index (χ4v) is 2.07. The molecule has 1 heterocycles. The monoisotopic (exact) mass is 245 g/mol. The standard InChI is InChI=1S/C12H14F3NO/c1-11(16-6-7-17-11)8-9-4-2-3-5-10(9)12(13,14)15/h2-5,16H,6-8H2,1H3. The maximum atomic E-state index is 12.8. The molecule has 1 unspecified atom stereocenters. The molecule has 1 atom stereocenters. The molecule has 0 saturated carbocycles. The van der Waals surface area contributed by atoms with E-state index in [0.717, 1.165) is 6.07 Å². The van der Waals surface area contributed by atoms with E-state index in [0.29, 0.717) is 13.2 Å². The molecule has 94 valence electrons. The molecule has 0 aliphatic carbocycles. The summed E-state index contributed by atoms with van der Waals surface area (Å²) in [5.74, 6) is 0. The van der Waals surface area contributed by atoms with Gasteiger partial charge in [-0.3, -0.25) is 5.32 Å². The van der Waals surface area contributed by atoms with E-state index in [1.54, 1.807) is 13.0 Å². The van der Waals surface area contributed by atoms with Gasteiger partial charge in [0.15, 0.2) is 0 Å². The van der Waals surface area contributed by atoms with Crippen molar-refractivity contribution in [2.75, 3.05) is 13.2 Å². The van der Waals surface area contributed by atoms with Crippen molar-refractivity contribution < 1.29 is 17.9 Å². The molecule has 1 aromatic carbocycles. The normalized spacial score (nSPS) is 25.2. The molecule has 0 spiro atoms. The molecule has 1 aromatic rings. The summed E-state index contributed by atoms with van der Waals surface area (Å²) in [6.45, 7) is 2.97. The Morgan fingerprint density at radius 1 is 1.35 bits per heavy atom. The van der Waals surface area contributed by atoms with Gasteiger partial charge in [0.25, 0.3) is 0 Å². The number of halogens is 3. The first-order valence-corrected chi connectivity index (χ1v) is 5.45. The molecule has 1 saturated heterocycles. The van der Waals surface area contributed by atoms with Crippen LogP contribution in [0.4, 0.5) is 13.2 Å². The Morgan fingerprint density at radius 3 is 2.65 bits per heavy atom. The Kier molecular flexibility index (Phi) is 3.14. The summed E-state index contributed by atoms with van der Waals surface area (Å²) in [6.07, 6.45) is -4.10. The van der Waals surface area contributed by atoms with E-state index < -0.39 is 17.5 Å². The smallest absolute Gasteiger partial charge is 0.359 e. The first-order chi connectivity index (χ1) is 7.91. The van der Waals surface area contributed by atoms with Gasteiger partial charge >= 0.3 is 6.18 Å². The third-order valence-electron chi connectivity index (χ3n) is 2.87. The van der Waals surface area contributed by atoms with E-state index in [-0.39, 0.29) is 12.0 Å². The lowest BCUT2D eigenvalue weighted by Gasteiger charge is -2.25. The highest BCUT2D eigenvalue weighted by atomic mass is 19.4. The molecule has 5 heteroatoms. The molecular formula is C12H14F3NO. The van der Waals surface area contributed by atoms with Crippen molar-refractivity contribution in [2.45, 2.75) is 25.2 Å². The zero-order valence-electron chi connectivity index (χ0n) is 9.47. The summed E-state index contributed by atoms with van der Waals surface area (Å²) in [7, 11) is 0. The molecule has 17 heavy (non-hydrogen) atoms. The van der Waals surface area contributed by atoms with E-state index in [1.807, 2.05) is 0 Å². The highest BCUT2D eigenvalue weighted by Gasteiger charge is 2.36. The topological polar surface area (TPSA) is 21.3 Å². The maximum Gasteiger partial charge on any atom is 0.416 e. The predicted molar refractivity (Wildman–Crippen MR) is 57.5 cm³/mol. The van der Waals surface area contributed by atoms with Gasteiger partial charge in [-0.2, -0.15) is 13.2 Å². The third-order valence-corrected chi connectivity index (χ3v) is 2.87. The molecule has 0 aromatic heterocycles. The number of alkyl halides is 3. The van der Waals surface area contributed by atoms with Gasteiger partial charge in [-0.15, -0.1) is 0 Å². The average molecular weight is 245 g/mol. The van der Waals surface area contributed by atoms with Crippen LogP contribution in [0.5, 0.6) is 0 Å². The van der Waals surface area contributed by atoms with E-state index in [2.05, 4.69) is 5.32 Å². The van der Waals surface area contributed by atoms with E-state index >= 15 is 0 Å². The molecule has 2 rings (SSSR count). The van der Waals surface area contributed by atoms with Crippen LogP contribution in [-0.2, 0) is 17.3 Å². The lowest BCUT2D eigenvalue weighted by molar-refractivity contribution is -0.138. The van der Waals surface area contributed by atoms with Crippen LogP contribution in [0.1, 0.15) is 18.1 Å². The van der Waals surface area contributed by atoms with Crippen molar-refractivity contribution in [1.82, 2.24) is 5.32 Å². The first kappa shape index (κ1) is 12.4. The van der Waals surface area contributed by atoms with Crippen molar-refractivity contribution in [1.29, 1.82) is 0 Å². The summed E-state index contributed by atoms with van der Waals surface area (Å²) in [5.41, 5.74) is -1.02. The van der Waals surface area contributed by atoms with Crippen LogP contribution in [-0.4, -0.2) is 18.9 Å². The second-order valence-corrected chi connectivity index (χ2v) is 4.34. The van der Waals surface area contributed by atoms with Crippen molar-refractivity contribution in [3.63, 3.8) is 0 Å². The SMILES string of the molecule is CC1(Cc2ccccc2C(F)(F)F)NCCO1. The largest absolute Gasteiger partial charge is 0.416 e. The summed E-state index contributed by atoms with van der Waals surface area (Å²) in [4.78, 5) is 0. The Morgan fingerprint density at radius 2 is 2.06 bits per heavy atom. The van der Waals surface area contributed by atoms with Crippen molar-refractivity contribution in [2.24, 2.45) is 0 Å². The van der Waals surface area contributed by atoms with Gasteiger partial charge in [-0.05, 0) is 18.6 Å². The second kappa shape index (κ2) is 4.31. The minimum Gasteiger partial charge on any atom is -0.359 e. The highest BCUT2D eigenvalue weighted by molar-refractivity contribution is 5.30. The van der Waals surface area contributed by atoms with Gasteiger partial charge in [0, 0.05) is 13.0 Å². The third kappa shape index (κ3) is 2.79. The van der Waals surface area contributed by atoms with Crippen LogP contribution in [0.15, 0.2) is 24.3 Å². The van der Waals surface area contributed by atoms with Crippen LogP contribution in [0.25, 0.3) is 0 Å². The number of hydrogen-bond acceptors (Lipinski definition) is 2. The fraction of sp³-hybridized carbons (Fsp3) is 0.500. The molecule has 0 bridgehead atoms. The number of nitrogens with one attached hydrogen (secondary N) is 1. The van der Waals surface area contributed by atoms with Crippen LogP contribution in [0.2, 0.25) is 0 Å². The molecular weight excluding hydrogens is 231 g/mol. The number of ether oxygens (including phenoxy) is 1. The molecule has 0 radical (unpaired) electrons. The van der Waals surface area contributed by atoms with Gasteiger partial charge in [-0.1, -0.05) is 18.2 Å². The quantitative estimate of drug-likeness (QED) is 0.864. The zero-order chi connectivity index (χ0) is 12.5. The van der Waals surface area contributed by atoms with Gasteiger partial charge in [0.1, 0.15) is 5.72 Å². The summed E-state index contributed by atoms with van der Waals surface area (Å²) < 4.78 is 43.8. The number of hydrogen-bond donors (Lipinski definition) is 1. The Labute approximate surface area is 97.8 Å². The van der Waals surface area contributed by atoms with E-state index in [9.17, 15) is 13.2 Å². The van der Waals surface area contributed by atoms with Crippen molar-refractivity contribution >= 4 is 0 Å². The minimum atomic E-state index is -4.31. The summed E-state index contributed by atoms with van der Waals surface area (Å²) in [6, 6.07) is 5.62. The van der Waals surface area contributed by atoms with Crippen LogP contribution < -0.4 is 5.32 Å². The van der Waals surface area contributed by atoms with E-state index in [4.69, 9.17) is 4.74 Å². The minimum absolute atomic E-state index is 0.211. The van der Waals surface area contributed by atoms with Crippen LogP contribution in [0.3, 0.4) is 0 Å². The van der Waals surface area contributed by atoms with Gasteiger partial charge < -0.3 is 4.74 Å². The maximum absolute atomic E-state index is 12.8.